The molecular formula is C19H17BrN2O6. The lowest BCUT2D eigenvalue weighted by Gasteiger charge is -2.12. The van der Waals surface area contributed by atoms with Crippen LogP contribution < -0.4 is 10.6 Å². The molecule has 2 N–H and O–H groups in total. The van der Waals surface area contributed by atoms with Gasteiger partial charge >= 0.3 is 23.8 Å². The molecule has 2 aromatic carbocycles. The Kier molecular flexibility index (Phi) is 6.89. The average molecular weight is 449 g/mol. The highest BCUT2D eigenvalue weighted by molar-refractivity contribution is 9.10. The molecule has 9 heteroatoms. The van der Waals surface area contributed by atoms with Gasteiger partial charge in [0.15, 0.2) is 0 Å². The van der Waals surface area contributed by atoms with Gasteiger partial charge in [0.05, 0.1) is 31.0 Å². The number of hydrogen-bond acceptors (Lipinski definition) is 6. The maximum Gasteiger partial charge on any atom is 0.339 e. The van der Waals surface area contributed by atoms with Crippen LogP contribution in [0.4, 0.5) is 11.4 Å². The van der Waals surface area contributed by atoms with Crippen LogP contribution in [0.1, 0.15) is 26.3 Å². The SMILES string of the molecule is COC(=O)c1ccc(C(=O)OC)c(NC(=O)C(=O)Nc2ccc(Br)c(C)c2)c1. The van der Waals surface area contributed by atoms with Crippen molar-refractivity contribution in [1.29, 1.82) is 0 Å². The van der Waals surface area contributed by atoms with E-state index in [4.69, 9.17) is 0 Å². The number of anilines is 2. The predicted molar refractivity (Wildman–Crippen MR) is 105 cm³/mol. The molecule has 0 bridgehead atoms. The highest BCUT2D eigenvalue weighted by Crippen LogP contribution is 2.21. The summed E-state index contributed by atoms with van der Waals surface area (Å²) in [7, 11) is 2.37. The largest absolute Gasteiger partial charge is 0.465 e. The average Bonchev–Trinajstić information content (AvgIpc) is 2.69. The van der Waals surface area contributed by atoms with Gasteiger partial charge in [-0.15, -0.1) is 0 Å². The van der Waals surface area contributed by atoms with Crippen molar-refractivity contribution in [1.82, 2.24) is 0 Å². The summed E-state index contributed by atoms with van der Waals surface area (Å²) in [6, 6.07) is 8.92. The van der Waals surface area contributed by atoms with Crippen LogP contribution >= 0.6 is 15.9 Å². The second kappa shape index (κ2) is 9.14. The van der Waals surface area contributed by atoms with Crippen molar-refractivity contribution in [3.05, 3.63) is 57.6 Å². The number of rotatable bonds is 4. The number of hydrogen-bond donors (Lipinski definition) is 2. The number of carbonyl (C=O) groups excluding carboxylic acids is 4. The number of aryl methyl sites for hydroxylation is 1. The number of nitrogens with one attached hydrogen (secondary N) is 2. The minimum atomic E-state index is -1.02. The Balaban J connectivity index is 2.24. The molecule has 0 heterocycles. The summed E-state index contributed by atoms with van der Waals surface area (Å²) in [5.41, 5.74) is 1.32. The molecule has 28 heavy (non-hydrogen) atoms. The number of esters is 2. The Bertz CT molecular complexity index is 957. The van der Waals surface area contributed by atoms with Gasteiger partial charge in [-0.2, -0.15) is 0 Å². The molecule has 0 aliphatic heterocycles. The monoisotopic (exact) mass is 448 g/mol. The van der Waals surface area contributed by atoms with Crippen LogP contribution in [0.2, 0.25) is 0 Å². The summed E-state index contributed by atoms with van der Waals surface area (Å²) in [6.45, 7) is 1.83. The molecule has 0 aliphatic rings. The molecule has 0 radical (unpaired) electrons. The van der Waals surface area contributed by atoms with Crippen molar-refractivity contribution >= 4 is 51.1 Å². The Morgan fingerprint density at radius 3 is 2.11 bits per heavy atom. The lowest BCUT2D eigenvalue weighted by molar-refractivity contribution is -0.133. The Hall–Kier alpha value is -3.20. The maximum atomic E-state index is 12.3. The first-order valence-electron chi connectivity index (χ1n) is 7.96. The molecule has 2 rings (SSSR count). The fourth-order valence-electron chi connectivity index (χ4n) is 2.27. The van der Waals surface area contributed by atoms with Crippen LogP contribution in [0, 0.1) is 6.92 Å². The molecule has 0 atom stereocenters. The molecule has 0 spiro atoms. The van der Waals surface area contributed by atoms with E-state index in [1.54, 1.807) is 18.2 Å². The molecule has 0 aliphatic carbocycles. The minimum Gasteiger partial charge on any atom is -0.465 e. The van der Waals surface area contributed by atoms with Crippen LogP contribution in [0.25, 0.3) is 0 Å². The van der Waals surface area contributed by atoms with Crippen LogP contribution in [0.5, 0.6) is 0 Å². The molecule has 0 fully saturated rings. The predicted octanol–water partition coefficient (Wildman–Crippen LogP) is 2.91. The van der Waals surface area contributed by atoms with Gasteiger partial charge in [0.1, 0.15) is 0 Å². The van der Waals surface area contributed by atoms with E-state index >= 15 is 0 Å². The highest BCUT2D eigenvalue weighted by Gasteiger charge is 2.20. The zero-order chi connectivity index (χ0) is 20.8. The van der Waals surface area contributed by atoms with E-state index in [1.807, 2.05) is 6.92 Å². The van der Waals surface area contributed by atoms with Gasteiger partial charge in [0, 0.05) is 10.2 Å². The highest BCUT2D eigenvalue weighted by atomic mass is 79.9. The molecule has 0 aromatic heterocycles. The van der Waals surface area contributed by atoms with Crippen molar-refractivity contribution in [3.63, 3.8) is 0 Å². The zero-order valence-electron chi connectivity index (χ0n) is 15.3. The lowest BCUT2D eigenvalue weighted by Crippen LogP contribution is -2.30. The van der Waals surface area contributed by atoms with Crippen LogP contribution in [0.15, 0.2) is 40.9 Å². The molecular weight excluding hydrogens is 432 g/mol. The van der Waals surface area contributed by atoms with E-state index in [1.165, 1.54) is 32.4 Å². The van der Waals surface area contributed by atoms with E-state index in [-0.39, 0.29) is 16.8 Å². The van der Waals surface area contributed by atoms with Crippen molar-refractivity contribution in [2.75, 3.05) is 24.9 Å². The Morgan fingerprint density at radius 1 is 0.857 bits per heavy atom. The zero-order valence-corrected chi connectivity index (χ0v) is 16.9. The Morgan fingerprint density at radius 2 is 1.50 bits per heavy atom. The lowest BCUT2D eigenvalue weighted by atomic mass is 10.1. The quantitative estimate of drug-likeness (QED) is 0.549. The Labute approximate surface area is 169 Å². The van der Waals surface area contributed by atoms with Crippen LogP contribution in [0.3, 0.4) is 0 Å². The standard InChI is InChI=1S/C19H17BrN2O6/c1-10-8-12(5-7-14(10)20)21-16(23)17(24)22-15-9-11(18(25)27-2)4-6-13(15)19(26)28-3/h4-9H,1-3H3,(H,21,23)(H,22,24). The van der Waals surface area contributed by atoms with Crippen LogP contribution in [-0.2, 0) is 19.1 Å². The van der Waals surface area contributed by atoms with Gasteiger partial charge in [0.2, 0.25) is 0 Å². The summed E-state index contributed by atoms with van der Waals surface area (Å²) >= 11 is 3.35. The van der Waals surface area contributed by atoms with Gasteiger partial charge in [0.25, 0.3) is 0 Å². The first-order valence-corrected chi connectivity index (χ1v) is 8.75. The topological polar surface area (TPSA) is 111 Å². The minimum absolute atomic E-state index is 0.0178. The molecule has 2 aromatic rings. The maximum absolute atomic E-state index is 12.3. The van der Waals surface area contributed by atoms with E-state index in [9.17, 15) is 19.2 Å². The summed E-state index contributed by atoms with van der Waals surface area (Å²) in [6.07, 6.45) is 0. The van der Waals surface area contributed by atoms with E-state index in [2.05, 4.69) is 36.0 Å². The fraction of sp³-hybridized carbons (Fsp3) is 0.158. The molecule has 8 nitrogen and oxygen atoms in total. The number of amides is 2. The third kappa shape index (κ3) is 4.95. The summed E-state index contributed by atoms with van der Waals surface area (Å²) < 4.78 is 10.1. The van der Waals surface area contributed by atoms with E-state index in [0.717, 1.165) is 10.0 Å². The fourth-order valence-corrected chi connectivity index (χ4v) is 2.52. The van der Waals surface area contributed by atoms with Gasteiger partial charge < -0.3 is 20.1 Å². The number of benzene rings is 2. The van der Waals surface area contributed by atoms with Crippen molar-refractivity contribution in [3.8, 4) is 0 Å². The summed E-state index contributed by atoms with van der Waals surface area (Å²) in [5, 5.41) is 4.78. The van der Waals surface area contributed by atoms with E-state index in [0.29, 0.717) is 5.69 Å². The first-order chi connectivity index (χ1) is 13.3. The van der Waals surface area contributed by atoms with Gasteiger partial charge in [-0.05, 0) is 48.9 Å². The second-order valence-corrected chi connectivity index (χ2v) is 6.47. The van der Waals surface area contributed by atoms with E-state index < -0.39 is 23.8 Å². The molecule has 0 unspecified atom stereocenters. The number of methoxy groups -OCH3 is 2. The second-order valence-electron chi connectivity index (χ2n) is 5.62. The first kappa shape index (κ1) is 21.1. The summed E-state index contributed by atoms with van der Waals surface area (Å²) in [4.78, 5) is 48.1. The van der Waals surface area contributed by atoms with Crippen molar-refractivity contribution in [2.45, 2.75) is 6.92 Å². The van der Waals surface area contributed by atoms with Gasteiger partial charge in [-0.1, -0.05) is 15.9 Å². The normalized spacial score (nSPS) is 10.0. The number of halogens is 1. The molecule has 0 saturated heterocycles. The third-order valence-electron chi connectivity index (χ3n) is 3.72. The third-order valence-corrected chi connectivity index (χ3v) is 4.61. The molecule has 0 saturated carbocycles. The van der Waals surface area contributed by atoms with Gasteiger partial charge in [-0.3, -0.25) is 9.59 Å². The van der Waals surface area contributed by atoms with Crippen molar-refractivity contribution < 1.29 is 28.7 Å². The number of ether oxygens (including phenoxy) is 2. The van der Waals surface area contributed by atoms with Gasteiger partial charge in [-0.25, -0.2) is 9.59 Å². The molecule has 146 valence electrons. The molecule has 2 amide bonds. The smallest absolute Gasteiger partial charge is 0.339 e. The van der Waals surface area contributed by atoms with Crippen LogP contribution in [-0.4, -0.2) is 38.0 Å². The summed E-state index contributed by atoms with van der Waals surface area (Å²) in [5.74, 6) is -3.37. The number of carbonyl (C=O) groups is 4. The van der Waals surface area contributed by atoms with Crippen molar-refractivity contribution in [2.24, 2.45) is 0 Å².